The number of amides is 1. The van der Waals surface area contributed by atoms with Gasteiger partial charge in [0, 0.05) is 18.5 Å². The first-order valence-electron chi connectivity index (χ1n) is 7.77. The molecular formula is C18H17FN2O2. The van der Waals surface area contributed by atoms with Crippen LogP contribution in [-0.2, 0) is 5.41 Å². The van der Waals surface area contributed by atoms with Crippen LogP contribution in [0.15, 0.2) is 42.6 Å². The van der Waals surface area contributed by atoms with Gasteiger partial charge in [-0.3, -0.25) is 4.79 Å². The van der Waals surface area contributed by atoms with Gasteiger partial charge in [-0.25, -0.2) is 9.37 Å². The number of carbonyl (C=O) groups is 1. The molecule has 23 heavy (non-hydrogen) atoms. The highest BCUT2D eigenvalue weighted by atomic mass is 19.1. The second-order valence-corrected chi connectivity index (χ2v) is 6.43. The van der Waals surface area contributed by atoms with Crippen molar-refractivity contribution in [2.45, 2.75) is 24.4 Å². The molecule has 0 bridgehead atoms. The quantitative estimate of drug-likeness (QED) is 0.880. The largest absolute Gasteiger partial charge is 0.388 e. The van der Waals surface area contributed by atoms with Crippen LogP contribution in [0.4, 0.5) is 4.39 Å². The van der Waals surface area contributed by atoms with E-state index in [-0.39, 0.29) is 17.0 Å². The third-order valence-corrected chi connectivity index (χ3v) is 5.06. The Labute approximate surface area is 133 Å². The van der Waals surface area contributed by atoms with Gasteiger partial charge in [0.05, 0.1) is 12.3 Å². The molecule has 2 heterocycles. The number of hydrogen-bond acceptors (Lipinski definition) is 3. The summed E-state index contributed by atoms with van der Waals surface area (Å²) < 4.78 is 13.0. The van der Waals surface area contributed by atoms with Crippen molar-refractivity contribution in [3.05, 3.63) is 65.2 Å². The first-order chi connectivity index (χ1) is 11.1. The van der Waals surface area contributed by atoms with Crippen LogP contribution in [0, 0.1) is 5.82 Å². The van der Waals surface area contributed by atoms with E-state index < -0.39 is 11.9 Å². The zero-order chi connectivity index (χ0) is 16.0. The van der Waals surface area contributed by atoms with Gasteiger partial charge in [-0.15, -0.1) is 0 Å². The molecule has 2 aromatic rings. The number of carbonyl (C=O) groups excluding carboxylic acids is 1. The summed E-state index contributed by atoms with van der Waals surface area (Å²) in [6.07, 6.45) is 2.07. The maximum Gasteiger partial charge on any atom is 0.272 e. The fraction of sp³-hybridized carbons (Fsp3) is 0.333. The monoisotopic (exact) mass is 312 g/mol. The maximum atomic E-state index is 13.0. The van der Waals surface area contributed by atoms with Crippen molar-refractivity contribution >= 4 is 5.91 Å². The molecule has 4 rings (SSSR count). The summed E-state index contributed by atoms with van der Waals surface area (Å²) in [5.74, 6) is -0.631. The van der Waals surface area contributed by atoms with E-state index >= 15 is 0 Å². The van der Waals surface area contributed by atoms with Gasteiger partial charge < -0.3 is 10.0 Å². The van der Waals surface area contributed by atoms with Gasteiger partial charge >= 0.3 is 0 Å². The molecule has 0 radical (unpaired) electrons. The second kappa shape index (κ2) is 5.13. The Morgan fingerprint density at radius 2 is 2.13 bits per heavy atom. The fourth-order valence-corrected chi connectivity index (χ4v) is 3.96. The van der Waals surface area contributed by atoms with E-state index in [9.17, 15) is 14.3 Å². The number of nitrogens with zero attached hydrogens (tertiary/aromatic N) is 2. The summed E-state index contributed by atoms with van der Waals surface area (Å²) >= 11 is 0. The maximum absolute atomic E-state index is 13.0. The predicted octanol–water partition coefficient (Wildman–Crippen LogP) is 2.44. The van der Waals surface area contributed by atoms with E-state index in [4.69, 9.17) is 0 Å². The molecule has 1 spiro atoms. The number of aliphatic hydroxyl groups excluding tert-OH is 1. The van der Waals surface area contributed by atoms with Crippen LogP contribution in [0.3, 0.4) is 0 Å². The van der Waals surface area contributed by atoms with E-state index in [0.717, 1.165) is 23.7 Å². The van der Waals surface area contributed by atoms with Crippen LogP contribution in [0.1, 0.15) is 40.6 Å². The summed E-state index contributed by atoms with van der Waals surface area (Å²) in [6.45, 7) is 1.19. The van der Waals surface area contributed by atoms with Crippen molar-refractivity contribution in [3.8, 4) is 0 Å². The van der Waals surface area contributed by atoms with Gasteiger partial charge in [-0.1, -0.05) is 24.3 Å². The van der Waals surface area contributed by atoms with Crippen molar-refractivity contribution in [2.75, 3.05) is 13.1 Å². The summed E-state index contributed by atoms with van der Waals surface area (Å²) in [4.78, 5) is 18.2. The number of halogens is 1. The number of pyridine rings is 1. The number of aromatic nitrogens is 1. The molecular weight excluding hydrogens is 295 g/mol. The Kier molecular flexibility index (Phi) is 3.20. The number of hydrogen-bond donors (Lipinski definition) is 1. The normalized spacial score (nSPS) is 25.8. The van der Waals surface area contributed by atoms with E-state index in [1.807, 2.05) is 18.2 Å². The number of likely N-dealkylation sites (tertiary alicyclic amines) is 1. The molecule has 118 valence electrons. The van der Waals surface area contributed by atoms with Crippen molar-refractivity contribution in [2.24, 2.45) is 0 Å². The molecule has 1 aromatic carbocycles. The van der Waals surface area contributed by atoms with Gasteiger partial charge in [0.15, 0.2) is 0 Å². The van der Waals surface area contributed by atoms with Crippen molar-refractivity contribution in [1.82, 2.24) is 9.88 Å². The highest BCUT2D eigenvalue weighted by Crippen LogP contribution is 2.50. The molecule has 4 nitrogen and oxygen atoms in total. The average molecular weight is 312 g/mol. The number of aliphatic hydroxyl groups is 1. The fourth-order valence-electron chi connectivity index (χ4n) is 3.96. The van der Waals surface area contributed by atoms with E-state index in [2.05, 4.69) is 11.1 Å². The SMILES string of the molecule is O=C(c1ccc(F)cn1)N1CCC2(CC(O)c3ccccc32)C1. The molecule has 2 aliphatic rings. The molecule has 5 heteroatoms. The Morgan fingerprint density at radius 1 is 1.30 bits per heavy atom. The van der Waals surface area contributed by atoms with Gasteiger partial charge in [-0.05, 0) is 36.1 Å². The number of rotatable bonds is 1. The van der Waals surface area contributed by atoms with E-state index in [1.165, 1.54) is 12.1 Å². The Morgan fingerprint density at radius 3 is 2.91 bits per heavy atom. The number of fused-ring (bicyclic) bond motifs is 2. The lowest BCUT2D eigenvalue weighted by Gasteiger charge is -2.25. The first-order valence-corrected chi connectivity index (χ1v) is 7.77. The zero-order valence-electron chi connectivity index (χ0n) is 12.6. The lowest BCUT2D eigenvalue weighted by Crippen LogP contribution is -2.33. The lowest BCUT2D eigenvalue weighted by atomic mass is 9.81. The lowest BCUT2D eigenvalue weighted by molar-refractivity contribution is 0.0770. The van der Waals surface area contributed by atoms with Crippen LogP contribution in [0.25, 0.3) is 0 Å². The van der Waals surface area contributed by atoms with E-state index in [1.54, 1.807) is 4.90 Å². The standard InChI is InChI=1S/C18H17FN2O2/c19-12-5-6-15(20-10-12)17(23)21-8-7-18(11-21)9-16(22)13-3-1-2-4-14(13)18/h1-6,10,16,22H,7-9,11H2. The Bertz CT molecular complexity index is 762. The molecule has 1 aliphatic carbocycles. The molecule has 1 aromatic heterocycles. The minimum Gasteiger partial charge on any atom is -0.388 e. The summed E-state index contributed by atoms with van der Waals surface area (Å²) in [6, 6.07) is 10.6. The third kappa shape index (κ3) is 2.23. The predicted molar refractivity (Wildman–Crippen MR) is 82.4 cm³/mol. The van der Waals surface area contributed by atoms with Crippen LogP contribution < -0.4 is 0 Å². The molecule has 1 saturated heterocycles. The van der Waals surface area contributed by atoms with Crippen molar-refractivity contribution in [1.29, 1.82) is 0 Å². The molecule has 1 N–H and O–H groups in total. The minimum atomic E-state index is -0.467. The van der Waals surface area contributed by atoms with Crippen LogP contribution in [0.2, 0.25) is 0 Å². The highest BCUT2D eigenvalue weighted by molar-refractivity contribution is 5.92. The summed E-state index contributed by atoms with van der Waals surface area (Å²) in [5.41, 5.74) is 2.21. The second-order valence-electron chi connectivity index (χ2n) is 6.43. The highest BCUT2D eigenvalue weighted by Gasteiger charge is 2.48. The molecule has 0 saturated carbocycles. The van der Waals surface area contributed by atoms with Crippen LogP contribution >= 0.6 is 0 Å². The molecule has 1 fully saturated rings. The van der Waals surface area contributed by atoms with Crippen LogP contribution in [-0.4, -0.2) is 34.0 Å². The van der Waals surface area contributed by atoms with Crippen LogP contribution in [0.5, 0.6) is 0 Å². The van der Waals surface area contributed by atoms with Crippen molar-refractivity contribution < 1.29 is 14.3 Å². The molecule has 1 aliphatic heterocycles. The molecule has 2 unspecified atom stereocenters. The zero-order valence-corrected chi connectivity index (χ0v) is 12.6. The Balaban J connectivity index is 1.60. The molecule has 2 atom stereocenters. The van der Waals surface area contributed by atoms with E-state index in [0.29, 0.717) is 19.5 Å². The summed E-state index contributed by atoms with van der Waals surface area (Å²) in [7, 11) is 0. The minimum absolute atomic E-state index is 0.175. The third-order valence-electron chi connectivity index (χ3n) is 5.06. The smallest absolute Gasteiger partial charge is 0.272 e. The summed E-state index contributed by atoms with van der Waals surface area (Å²) in [5, 5.41) is 10.3. The first kappa shape index (κ1) is 14.3. The van der Waals surface area contributed by atoms with Gasteiger partial charge in [0.25, 0.3) is 5.91 Å². The molecule has 1 amide bonds. The topological polar surface area (TPSA) is 53.4 Å². The average Bonchev–Trinajstić information content (AvgIpc) is 3.11. The van der Waals surface area contributed by atoms with Gasteiger partial charge in [-0.2, -0.15) is 0 Å². The number of benzene rings is 1. The van der Waals surface area contributed by atoms with Gasteiger partial charge in [0.2, 0.25) is 0 Å². The van der Waals surface area contributed by atoms with Crippen molar-refractivity contribution in [3.63, 3.8) is 0 Å². The Hall–Kier alpha value is -2.27. The van der Waals surface area contributed by atoms with Gasteiger partial charge in [0.1, 0.15) is 11.5 Å².